The third-order valence-corrected chi connectivity index (χ3v) is 0.307. The maximum Gasteiger partial charge on any atom is 0.183 e. The fourth-order valence-electron chi connectivity index (χ4n) is 0.114. The van der Waals surface area contributed by atoms with Crippen LogP contribution in [0.3, 0.4) is 0 Å². The highest BCUT2D eigenvalue weighted by Gasteiger charge is 1.78. The Morgan fingerprint density at radius 2 is 2.22 bits per heavy atom. The first-order valence-corrected chi connectivity index (χ1v) is 1.81. The van der Waals surface area contributed by atoms with Crippen LogP contribution in [0.25, 0.3) is 0 Å². The molecule has 0 spiro atoms. The van der Waals surface area contributed by atoms with Gasteiger partial charge in [0.1, 0.15) is 0 Å². The molecule has 0 aromatic rings. The molecule has 0 aromatic carbocycles. The monoisotopic (exact) mass is 132 g/mol. The Labute approximate surface area is 50.7 Å². The highest BCUT2D eigenvalue weighted by molar-refractivity contribution is 4.71. The molecule has 0 unspecified atom stereocenters. The van der Waals surface area contributed by atoms with E-state index in [4.69, 9.17) is 5.26 Å². The summed E-state index contributed by atoms with van der Waals surface area (Å²) >= 11 is 0. The van der Waals surface area contributed by atoms with Gasteiger partial charge in [-0.25, -0.2) is 5.26 Å². The van der Waals surface area contributed by atoms with Crippen LogP contribution in [0.1, 0.15) is 0 Å². The summed E-state index contributed by atoms with van der Waals surface area (Å²) in [4.78, 5) is 3.97. The van der Waals surface area contributed by atoms with E-state index >= 15 is 0 Å². The highest BCUT2D eigenvalue weighted by Crippen LogP contribution is 1.79. The second-order valence-corrected chi connectivity index (χ2v) is 0.746. The van der Waals surface area contributed by atoms with Crippen LogP contribution in [0.4, 0.5) is 0 Å². The van der Waals surface area contributed by atoms with Gasteiger partial charge in [0.2, 0.25) is 0 Å². The molecule has 0 bridgehead atoms. The van der Waals surface area contributed by atoms with Crippen LogP contribution in [0, 0.1) is 0 Å². The van der Waals surface area contributed by atoms with Crippen LogP contribution < -0.4 is 0 Å². The molecular formula is C4H4O5. The fraction of sp³-hybridized carbons (Fsp3) is 0. The molecule has 0 radical (unpaired) electrons. The Morgan fingerprint density at radius 1 is 1.44 bits per heavy atom. The van der Waals surface area contributed by atoms with Crippen molar-refractivity contribution in [3.8, 4) is 0 Å². The molecule has 5 nitrogen and oxygen atoms in total. The molecule has 0 saturated heterocycles. The van der Waals surface area contributed by atoms with Crippen LogP contribution in [-0.4, -0.2) is 5.26 Å². The van der Waals surface area contributed by atoms with Crippen LogP contribution in [0.2, 0.25) is 0 Å². The van der Waals surface area contributed by atoms with Crippen LogP contribution in [0.15, 0.2) is 24.3 Å². The molecule has 5 heteroatoms. The van der Waals surface area contributed by atoms with Gasteiger partial charge in [0, 0.05) is 10.1 Å². The van der Waals surface area contributed by atoms with E-state index in [2.05, 4.69) is 38.0 Å². The van der Waals surface area contributed by atoms with Crippen molar-refractivity contribution in [1.82, 2.24) is 0 Å². The minimum Gasteiger partial charge on any atom is -0.305 e. The minimum absolute atomic E-state index is 0.950. The maximum atomic E-state index is 7.43. The van der Waals surface area contributed by atoms with E-state index in [1.54, 1.807) is 0 Å². The van der Waals surface area contributed by atoms with Crippen molar-refractivity contribution in [2.45, 2.75) is 0 Å². The molecule has 0 saturated carbocycles. The normalized spacial score (nSPS) is 7.22. The predicted molar refractivity (Wildman–Crippen MR) is 24.2 cm³/mol. The van der Waals surface area contributed by atoms with Crippen LogP contribution >= 0.6 is 0 Å². The van der Waals surface area contributed by atoms with E-state index < -0.39 is 0 Å². The molecule has 0 atom stereocenters. The zero-order valence-corrected chi connectivity index (χ0v) is 4.36. The van der Waals surface area contributed by atoms with E-state index in [0.717, 1.165) is 6.26 Å². The summed E-state index contributed by atoms with van der Waals surface area (Å²) < 4.78 is 0. The van der Waals surface area contributed by atoms with Crippen LogP contribution in [0.5, 0.6) is 0 Å². The van der Waals surface area contributed by atoms with E-state index in [1.165, 1.54) is 0 Å². The van der Waals surface area contributed by atoms with Crippen molar-refractivity contribution in [3.63, 3.8) is 0 Å². The highest BCUT2D eigenvalue weighted by atomic mass is 17.7. The fourth-order valence-corrected chi connectivity index (χ4v) is 0.114. The summed E-state index contributed by atoms with van der Waals surface area (Å²) in [6, 6.07) is 0. The molecule has 0 heterocycles. The Hall–Kier alpha value is -1.06. The van der Waals surface area contributed by atoms with Crippen molar-refractivity contribution in [2.24, 2.45) is 0 Å². The van der Waals surface area contributed by atoms with Crippen molar-refractivity contribution < 1.29 is 25.3 Å². The lowest BCUT2D eigenvalue weighted by Crippen LogP contribution is -1.89. The molecular weight excluding hydrogens is 128 g/mol. The molecule has 0 fully saturated rings. The molecule has 9 heavy (non-hydrogen) atoms. The van der Waals surface area contributed by atoms with Crippen LogP contribution in [-0.2, 0) is 20.0 Å². The lowest BCUT2D eigenvalue weighted by Gasteiger charge is -1.89. The lowest BCUT2D eigenvalue weighted by molar-refractivity contribution is -0.693. The van der Waals surface area contributed by atoms with Gasteiger partial charge in [0.25, 0.3) is 0 Å². The Bertz CT molecular complexity index is 130. The van der Waals surface area contributed by atoms with Gasteiger partial charge in [0.05, 0.1) is 0 Å². The summed E-state index contributed by atoms with van der Waals surface area (Å²) in [5, 5.41) is 17.4. The number of hydrogen-bond donors (Lipinski definition) is 1. The molecule has 0 aliphatic rings. The molecule has 50 valence electrons. The van der Waals surface area contributed by atoms with Gasteiger partial charge in [-0.1, -0.05) is 5.73 Å². The van der Waals surface area contributed by atoms with Gasteiger partial charge in [-0.3, -0.25) is 0 Å². The standard InChI is InChI=1S/C4H4O5/c1-2-3-4-6-8-9-7-5/h4-5H,1H2. The van der Waals surface area contributed by atoms with Gasteiger partial charge in [-0.15, -0.1) is 0 Å². The Kier molecular flexibility index (Phi) is 6.12. The summed E-state index contributed by atoms with van der Waals surface area (Å²) in [6.07, 6.45) is 0.950. The zero-order valence-electron chi connectivity index (χ0n) is 4.36. The average molecular weight is 132 g/mol. The quantitative estimate of drug-likeness (QED) is 0.201. The first-order valence-electron chi connectivity index (χ1n) is 1.81. The first-order chi connectivity index (χ1) is 4.41. The van der Waals surface area contributed by atoms with Crippen molar-refractivity contribution in [3.05, 3.63) is 24.3 Å². The SMILES string of the molecule is C=C=C=COOOOO. The predicted octanol–water partition coefficient (Wildman–Crippen LogP) is 0.724. The summed E-state index contributed by atoms with van der Waals surface area (Å²) in [7, 11) is 0. The molecule has 0 aromatic heterocycles. The lowest BCUT2D eigenvalue weighted by atomic mass is 10.8. The van der Waals surface area contributed by atoms with Gasteiger partial charge < -0.3 is 4.89 Å². The summed E-state index contributed by atoms with van der Waals surface area (Å²) in [5.74, 6) is 0. The molecule has 1 N–H and O–H groups in total. The largest absolute Gasteiger partial charge is 0.305 e. The molecule has 0 amide bonds. The third-order valence-electron chi connectivity index (χ3n) is 0.307. The number of hydrogen-bond acceptors (Lipinski definition) is 5. The first kappa shape index (κ1) is 7.94. The Morgan fingerprint density at radius 3 is 2.78 bits per heavy atom. The second-order valence-electron chi connectivity index (χ2n) is 0.746. The summed E-state index contributed by atoms with van der Waals surface area (Å²) in [6.45, 7) is 3.15. The zero-order chi connectivity index (χ0) is 6.95. The smallest absolute Gasteiger partial charge is 0.183 e. The number of rotatable bonds is 4. The van der Waals surface area contributed by atoms with Gasteiger partial charge in [-0.2, -0.15) is 0 Å². The third kappa shape index (κ3) is 6.94. The van der Waals surface area contributed by atoms with E-state index in [1.807, 2.05) is 0 Å². The van der Waals surface area contributed by atoms with Crippen molar-refractivity contribution >= 4 is 0 Å². The van der Waals surface area contributed by atoms with Crippen molar-refractivity contribution in [2.75, 3.05) is 0 Å². The van der Waals surface area contributed by atoms with Gasteiger partial charge in [0.15, 0.2) is 6.26 Å². The molecule has 0 aliphatic carbocycles. The van der Waals surface area contributed by atoms with Gasteiger partial charge >= 0.3 is 0 Å². The molecule has 0 aliphatic heterocycles. The topological polar surface area (TPSA) is 57.2 Å². The van der Waals surface area contributed by atoms with Gasteiger partial charge in [-0.05, 0) is 17.3 Å². The summed E-state index contributed by atoms with van der Waals surface area (Å²) in [5.41, 5.74) is 4.48. The van der Waals surface area contributed by atoms with E-state index in [0.29, 0.717) is 0 Å². The molecule has 0 rings (SSSR count). The minimum atomic E-state index is 0.950. The maximum absolute atomic E-state index is 7.43. The second kappa shape index (κ2) is 6.94. The average Bonchev–Trinajstić information content (AvgIpc) is 1.89. The van der Waals surface area contributed by atoms with E-state index in [-0.39, 0.29) is 0 Å². The Balaban J connectivity index is 3.09. The van der Waals surface area contributed by atoms with Crippen molar-refractivity contribution in [1.29, 1.82) is 0 Å². The van der Waals surface area contributed by atoms with E-state index in [9.17, 15) is 0 Å².